The molecule has 0 amide bonds. The molecular weight excluding hydrogens is 262 g/mol. The SMILES string of the molecule is Nc1ccc(Nc2c(Cl)cc(F)cc2Cl)cc1. The van der Waals surface area contributed by atoms with Gasteiger partial charge in [0.05, 0.1) is 15.7 Å². The molecule has 0 fully saturated rings. The second kappa shape index (κ2) is 4.82. The van der Waals surface area contributed by atoms with Crippen LogP contribution in [0.4, 0.5) is 21.5 Å². The summed E-state index contributed by atoms with van der Waals surface area (Å²) in [4.78, 5) is 0. The van der Waals surface area contributed by atoms with E-state index in [9.17, 15) is 4.39 Å². The first-order valence-electron chi connectivity index (χ1n) is 4.83. The van der Waals surface area contributed by atoms with Crippen molar-refractivity contribution in [2.75, 3.05) is 11.1 Å². The highest BCUT2D eigenvalue weighted by molar-refractivity contribution is 6.39. The van der Waals surface area contributed by atoms with E-state index in [1.807, 2.05) is 0 Å². The Kier molecular flexibility index (Phi) is 3.41. The average Bonchev–Trinajstić information content (AvgIpc) is 2.26. The molecule has 0 radical (unpaired) electrons. The second-order valence-electron chi connectivity index (χ2n) is 3.49. The van der Waals surface area contributed by atoms with Crippen LogP contribution in [0.2, 0.25) is 10.0 Å². The third-order valence-corrected chi connectivity index (χ3v) is 2.78. The van der Waals surface area contributed by atoms with Gasteiger partial charge in [0.2, 0.25) is 0 Å². The van der Waals surface area contributed by atoms with Crippen LogP contribution in [0.5, 0.6) is 0 Å². The van der Waals surface area contributed by atoms with Crippen LogP contribution in [0.15, 0.2) is 36.4 Å². The fourth-order valence-electron chi connectivity index (χ4n) is 1.37. The first-order chi connectivity index (χ1) is 8.06. The van der Waals surface area contributed by atoms with Crippen LogP contribution in [-0.2, 0) is 0 Å². The van der Waals surface area contributed by atoms with Gasteiger partial charge in [-0.3, -0.25) is 0 Å². The Hall–Kier alpha value is -1.45. The fraction of sp³-hybridized carbons (Fsp3) is 0. The molecule has 0 saturated heterocycles. The van der Waals surface area contributed by atoms with Crippen LogP contribution in [0, 0.1) is 5.82 Å². The molecule has 17 heavy (non-hydrogen) atoms. The lowest BCUT2D eigenvalue weighted by atomic mass is 10.2. The van der Waals surface area contributed by atoms with E-state index in [-0.39, 0.29) is 10.0 Å². The number of hydrogen-bond acceptors (Lipinski definition) is 2. The predicted molar refractivity (Wildman–Crippen MR) is 70.6 cm³/mol. The molecule has 3 N–H and O–H groups in total. The first-order valence-corrected chi connectivity index (χ1v) is 5.59. The lowest BCUT2D eigenvalue weighted by molar-refractivity contribution is 0.628. The smallest absolute Gasteiger partial charge is 0.126 e. The Morgan fingerprint density at radius 3 is 2.06 bits per heavy atom. The molecule has 2 nitrogen and oxygen atoms in total. The van der Waals surface area contributed by atoms with Gasteiger partial charge < -0.3 is 11.1 Å². The molecule has 0 spiro atoms. The van der Waals surface area contributed by atoms with E-state index in [1.54, 1.807) is 24.3 Å². The topological polar surface area (TPSA) is 38.0 Å². The van der Waals surface area contributed by atoms with Gasteiger partial charge >= 0.3 is 0 Å². The number of nitrogens with one attached hydrogen (secondary N) is 1. The molecule has 0 aliphatic carbocycles. The molecule has 5 heteroatoms. The molecule has 0 aromatic heterocycles. The van der Waals surface area contributed by atoms with E-state index >= 15 is 0 Å². The molecule has 88 valence electrons. The average molecular weight is 271 g/mol. The van der Waals surface area contributed by atoms with E-state index in [0.717, 1.165) is 5.69 Å². The van der Waals surface area contributed by atoms with Gasteiger partial charge in [0, 0.05) is 11.4 Å². The van der Waals surface area contributed by atoms with Crippen molar-refractivity contribution in [3.63, 3.8) is 0 Å². The Balaban J connectivity index is 2.33. The molecule has 0 aliphatic rings. The van der Waals surface area contributed by atoms with Gasteiger partial charge in [-0.2, -0.15) is 0 Å². The van der Waals surface area contributed by atoms with Gasteiger partial charge in [-0.05, 0) is 36.4 Å². The van der Waals surface area contributed by atoms with E-state index < -0.39 is 5.82 Å². The van der Waals surface area contributed by atoms with Gasteiger partial charge in [-0.1, -0.05) is 23.2 Å². The molecule has 0 bridgehead atoms. The van der Waals surface area contributed by atoms with Crippen LogP contribution in [-0.4, -0.2) is 0 Å². The molecule has 0 heterocycles. The fourth-order valence-corrected chi connectivity index (χ4v) is 1.93. The number of hydrogen-bond donors (Lipinski definition) is 2. The third-order valence-electron chi connectivity index (χ3n) is 2.19. The van der Waals surface area contributed by atoms with E-state index in [1.165, 1.54) is 12.1 Å². The summed E-state index contributed by atoms with van der Waals surface area (Å²) < 4.78 is 13.0. The zero-order chi connectivity index (χ0) is 12.4. The number of benzene rings is 2. The lowest BCUT2D eigenvalue weighted by Crippen LogP contribution is -1.94. The number of anilines is 3. The van der Waals surface area contributed by atoms with Crippen molar-refractivity contribution in [1.29, 1.82) is 0 Å². The van der Waals surface area contributed by atoms with Crippen LogP contribution >= 0.6 is 23.2 Å². The highest BCUT2D eigenvalue weighted by Gasteiger charge is 2.08. The Bertz CT molecular complexity index is 518. The van der Waals surface area contributed by atoms with Crippen molar-refractivity contribution in [2.45, 2.75) is 0 Å². The number of nitrogens with two attached hydrogens (primary N) is 1. The highest BCUT2D eigenvalue weighted by Crippen LogP contribution is 2.33. The third kappa shape index (κ3) is 2.81. The van der Waals surface area contributed by atoms with Crippen LogP contribution < -0.4 is 11.1 Å². The minimum Gasteiger partial charge on any atom is -0.399 e. The summed E-state index contributed by atoms with van der Waals surface area (Å²) >= 11 is 11.8. The summed E-state index contributed by atoms with van der Waals surface area (Å²) in [5, 5.41) is 3.47. The summed E-state index contributed by atoms with van der Waals surface area (Å²) in [7, 11) is 0. The molecule has 0 unspecified atom stereocenters. The summed E-state index contributed by atoms with van der Waals surface area (Å²) in [5.74, 6) is -0.470. The Morgan fingerprint density at radius 1 is 1.00 bits per heavy atom. The molecular formula is C12H9Cl2FN2. The predicted octanol–water partition coefficient (Wildman–Crippen LogP) is 4.46. The summed E-state index contributed by atoms with van der Waals surface area (Å²) in [5.41, 5.74) is 7.47. The van der Waals surface area contributed by atoms with Gasteiger partial charge in [-0.25, -0.2) is 4.39 Å². The van der Waals surface area contributed by atoms with E-state index in [4.69, 9.17) is 28.9 Å². The molecule has 2 rings (SSSR count). The monoisotopic (exact) mass is 270 g/mol. The van der Waals surface area contributed by atoms with Gasteiger partial charge in [0.15, 0.2) is 0 Å². The molecule has 0 atom stereocenters. The summed E-state index contributed by atoms with van der Waals surface area (Å²) in [6, 6.07) is 9.46. The molecule has 2 aromatic carbocycles. The number of nitrogen functional groups attached to an aromatic ring is 1. The minimum absolute atomic E-state index is 0.229. The van der Waals surface area contributed by atoms with Gasteiger partial charge in [0.1, 0.15) is 5.82 Å². The Morgan fingerprint density at radius 2 is 1.53 bits per heavy atom. The summed E-state index contributed by atoms with van der Waals surface area (Å²) in [6.45, 7) is 0. The maximum atomic E-state index is 13.0. The first kappa shape index (κ1) is 12.0. The molecule has 2 aromatic rings. The van der Waals surface area contributed by atoms with Gasteiger partial charge in [-0.15, -0.1) is 0 Å². The minimum atomic E-state index is -0.470. The largest absolute Gasteiger partial charge is 0.399 e. The normalized spacial score (nSPS) is 10.3. The van der Waals surface area contributed by atoms with E-state index in [0.29, 0.717) is 11.4 Å². The Labute approximate surface area is 108 Å². The van der Waals surface area contributed by atoms with Gasteiger partial charge in [0.25, 0.3) is 0 Å². The maximum Gasteiger partial charge on any atom is 0.126 e. The molecule has 0 saturated carbocycles. The van der Waals surface area contributed by atoms with Crippen LogP contribution in [0.1, 0.15) is 0 Å². The van der Waals surface area contributed by atoms with Crippen molar-refractivity contribution in [3.05, 3.63) is 52.3 Å². The zero-order valence-electron chi connectivity index (χ0n) is 8.68. The van der Waals surface area contributed by atoms with Crippen molar-refractivity contribution >= 4 is 40.3 Å². The summed E-state index contributed by atoms with van der Waals surface area (Å²) in [6.07, 6.45) is 0. The second-order valence-corrected chi connectivity index (χ2v) is 4.31. The standard InChI is InChI=1S/C12H9Cl2FN2/c13-10-5-7(15)6-11(14)12(10)17-9-3-1-8(16)2-4-9/h1-6,17H,16H2. The lowest BCUT2D eigenvalue weighted by Gasteiger charge is -2.10. The quantitative estimate of drug-likeness (QED) is 0.791. The van der Waals surface area contributed by atoms with Crippen molar-refractivity contribution < 1.29 is 4.39 Å². The van der Waals surface area contributed by atoms with Crippen molar-refractivity contribution in [3.8, 4) is 0 Å². The van der Waals surface area contributed by atoms with Crippen LogP contribution in [0.3, 0.4) is 0 Å². The van der Waals surface area contributed by atoms with E-state index in [2.05, 4.69) is 5.32 Å². The molecule has 0 aliphatic heterocycles. The number of rotatable bonds is 2. The van der Waals surface area contributed by atoms with Crippen LogP contribution in [0.25, 0.3) is 0 Å². The number of halogens is 3. The van der Waals surface area contributed by atoms with Crippen molar-refractivity contribution in [1.82, 2.24) is 0 Å². The maximum absolute atomic E-state index is 13.0. The zero-order valence-corrected chi connectivity index (χ0v) is 10.2. The van der Waals surface area contributed by atoms with Crippen molar-refractivity contribution in [2.24, 2.45) is 0 Å². The highest BCUT2D eigenvalue weighted by atomic mass is 35.5.